The zero-order valence-electron chi connectivity index (χ0n) is 14.4. The van der Waals surface area contributed by atoms with Crippen LogP contribution in [-0.2, 0) is 14.4 Å². The van der Waals surface area contributed by atoms with Crippen LogP contribution in [0.1, 0.15) is 51.0 Å². The van der Waals surface area contributed by atoms with E-state index in [4.69, 9.17) is 5.11 Å². The van der Waals surface area contributed by atoms with Crippen molar-refractivity contribution in [2.24, 2.45) is 5.34 Å². The van der Waals surface area contributed by atoms with E-state index in [-0.39, 0.29) is 5.76 Å². The molecule has 1 rings (SSSR count). The molecule has 0 saturated heterocycles. The van der Waals surface area contributed by atoms with Gasteiger partial charge in [-0.2, -0.15) is 0 Å². The summed E-state index contributed by atoms with van der Waals surface area (Å²) in [6.07, 6.45) is 8.70. The summed E-state index contributed by atoms with van der Waals surface area (Å²) in [5.74, 6) is -1.13. The lowest BCUT2D eigenvalue weighted by Crippen LogP contribution is -2.01. The Labute approximate surface area is 143 Å². The number of carbonyl (C=O) groups is 1. The topological polar surface area (TPSA) is 85.2 Å². The van der Waals surface area contributed by atoms with E-state index in [2.05, 4.69) is 21.8 Å². The molecule has 6 heteroatoms. The van der Waals surface area contributed by atoms with Gasteiger partial charge in [0.1, 0.15) is 6.61 Å². The third-order valence-corrected chi connectivity index (χ3v) is 3.17. The number of hydrogen-bond donors (Lipinski definition) is 1. The lowest BCUT2D eigenvalue weighted by molar-refractivity contribution is -0.135. The SMILES string of the molecule is CCCCCCCCON=O.COC(=Cc1ccccc1)C(=O)O. The fraction of sp³-hybridized carbons (Fsp3) is 0.500. The average Bonchev–Trinajstić information content (AvgIpc) is 2.60. The Morgan fingerprint density at radius 1 is 1.12 bits per heavy atom. The van der Waals surface area contributed by atoms with Crippen LogP contribution in [0.2, 0.25) is 0 Å². The van der Waals surface area contributed by atoms with Crippen molar-refractivity contribution in [2.75, 3.05) is 13.7 Å². The van der Waals surface area contributed by atoms with E-state index in [1.165, 1.54) is 38.9 Å². The second kappa shape index (κ2) is 15.5. The summed E-state index contributed by atoms with van der Waals surface area (Å²) in [4.78, 5) is 24.3. The van der Waals surface area contributed by atoms with Gasteiger partial charge in [0.15, 0.2) is 5.34 Å². The molecule has 0 aliphatic rings. The average molecular weight is 337 g/mol. The van der Waals surface area contributed by atoms with E-state index < -0.39 is 5.97 Å². The molecule has 134 valence electrons. The smallest absolute Gasteiger partial charge is 0.371 e. The van der Waals surface area contributed by atoms with E-state index in [1.807, 2.05) is 30.3 Å². The molecule has 0 radical (unpaired) electrons. The molecular weight excluding hydrogens is 310 g/mol. The largest absolute Gasteiger partial charge is 0.490 e. The van der Waals surface area contributed by atoms with Crippen LogP contribution in [0.5, 0.6) is 0 Å². The Kier molecular flexibility index (Phi) is 14.0. The number of carboxylic acids is 1. The molecule has 0 heterocycles. The van der Waals surface area contributed by atoms with Crippen LogP contribution in [0.25, 0.3) is 6.08 Å². The molecule has 0 bridgehead atoms. The molecule has 24 heavy (non-hydrogen) atoms. The highest BCUT2D eigenvalue weighted by atomic mass is 16.7. The summed E-state index contributed by atoms with van der Waals surface area (Å²) in [6, 6.07) is 9.15. The standard InChI is InChI=1S/C10H10O3.C8H17NO2/c1-13-9(10(11)12)7-8-5-3-2-4-6-8;1-2-3-4-5-6-7-8-11-9-10/h2-7H,1H3,(H,11,12);2-8H2,1H3. The van der Waals surface area contributed by atoms with Crippen LogP contribution >= 0.6 is 0 Å². The van der Waals surface area contributed by atoms with E-state index in [0.717, 1.165) is 18.4 Å². The molecule has 0 saturated carbocycles. The number of methoxy groups -OCH3 is 1. The summed E-state index contributed by atoms with van der Waals surface area (Å²) in [7, 11) is 1.34. The molecule has 1 N–H and O–H groups in total. The number of benzene rings is 1. The van der Waals surface area contributed by atoms with Gasteiger partial charge in [0.05, 0.1) is 7.11 Å². The molecule has 1 aromatic rings. The van der Waals surface area contributed by atoms with Gasteiger partial charge in [0.25, 0.3) is 0 Å². The first-order chi connectivity index (χ1) is 11.7. The minimum absolute atomic E-state index is 0.0637. The van der Waals surface area contributed by atoms with Crippen molar-refractivity contribution in [1.82, 2.24) is 0 Å². The lowest BCUT2D eigenvalue weighted by atomic mass is 10.1. The maximum atomic E-state index is 10.5. The quantitative estimate of drug-likeness (QED) is 0.206. The van der Waals surface area contributed by atoms with Crippen LogP contribution in [0, 0.1) is 4.91 Å². The van der Waals surface area contributed by atoms with Crippen molar-refractivity contribution < 1.29 is 19.5 Å². The number of unbranched alkanes of at least 4 members (excludes halogenated alkanes) is 5. The molecule has 0 atom stereocenters. The molecule has 0 aromatic heterocycles. The molecule has 0 aliphatic carbocycles. The molecule has 6 nitrogen and oxygen atoms in total. The summed E-state index contributed by atoms with van der Waals surface area (Å²) < 4.78 is 4.68. The lowest BCUT2D eigenvalue weighted by Gasteiger charge is -1.99. The molecule has 0 amide bonds. The number of carboxylic acid groups (broad SMARTS) is 1. The van der Waals surface area contributed by atoms with Gasteiger partial charge in [-0.25, -0.2) is 4.79 Å². The van der Waals surface area contributed by atoms with E-state index in [9.17, 15) is 9.70 Å². The van der Waals surface area contributed by atoms with Crippen molar-refractivity contribution >= 4 is 12.0 Å². The Balaban J connectivity index is 0.000000449. The van der Waals surface area contributed by atoms with Gasteiger partial charge in [-0.15, -0.1) is 4.91 Å². The molecular formula is C18H27NO5. The predicted molar refractivity (Wildman–Crippen MR) is 94.2 cm³/mol. The summed E-state index contributed by atoms with van der Waals surface area (Å²) in [5.41, 5.74) is 0.807. The highest BCUT2D eigenvalue weighted by Crippen LogP contribution is 2.07. The van der Waals surface area contributed by atoms with E-state index in [1.54, 1.807) is 0 Å². The molecule has 0 aliphatic heterocycles. The second-order valence-corrected chi connectivity index (χ2v) is 5.10. The number of aliphatic carboxylic acids is 1. The predicted octanol–water partition coefficient (Wildman–Crippen LogP) is 4.80. The van der Waals surface area contributed by atoms with Crippen LogP contribution in [0.4, 0.5) is 0 Å². The monoisotopic (exact) mass is 337 g/mol. The molecule has 1 aromatic carbocycles. The van der Waals surface area contributed by atoms with Gasteiger partial charge in [0.2, 0.25) is 5.76 Å². The Bertz CT molecular complexity index is 474. The minimum atomic E-state index is -1.06. The van der Waals surface area contributed by atoms with Crippen LogP contribution in [-0.4, -0.2) is 24.8 Å². The van der Waals surface area contributed by atoms with Crippen molar-refractivity contribution in [1.29, 1.82) is 0 Å². The van der Waals surface area contributed by atoms with Crippen LogP contribution < -0.4 is 0 Å². The van der Waals surface area contributed by atoms with Crippen LogP contribution in [0.15, 0.2) is 41.4 Å². The number of rotatable bonds is 11. The third-order valence-electron chi connectivity index (χ3n) is 3.17. The normalized spacial score (nSPS) is 10.3. The molecule has 0 spiro atoms. The summed E-state index contributed by atoms with van der Waals surface area (Å²) >= 11 is 0. The van der Waals surface area contributed by atoms with Gasteiger partial charge in [-0.3, -0.25) is 0 Å². The third kappa shape index (κ3) is 12.2. The van der Waals surface area contributed by atoms with Gasteiger partial charge >= 0.3 is 5.97 Å². The van der Waals surface area contributed by atoms with Crippen molar-refractivity contribution in [2.45, 2.75) is 45.4 Å². The highest BCUT2D eigenvalue weighted by Gasteiger charge is 2.05. The van der Waals surface area contributed by atoms with Gasteiger partial charge in [-0.1, -0.05) is 62.9 Å². The van der Waals surface area contributed by atoms with Gasteiger partial charge in [-0.05, 0) is 24.5 Å². The zero-order chi connectivity index (χ0) is 18.0. The maximum Gasteiger partial charge on any atom is 0.371 e. The van der Waals surface area contributed by atoms with Gasteiger partial charge in [0, 0.05) is 0 Å². The first-order valence-electron chi connectivity index (χ1n) is 8.14. The Hall–Kier alpha value is -2.37. The van der Waals surface area contributed by atoms with Crippen molar-refractivity contribution in [3.63, 3.8) is 0 Å². The highest BCUT2D eigenvalue weighted by molar-refractivity contribution is 5.89. The first-order valence-corrected chi connectivity index (χ1v) is 8.14. The van der Waals surface area contributed by atoms with E-state index in [0.29, 0.717) is 6.61 Å². The van der Waals surface area contributed by atoms with Crippen LogP contribution in [0.3, 0.4) is 0 Å². The Morgan fingerprint density at radius 2 is 1.75 bits per heavy atom. The minimum Gasteiger partial charge on any atom is -0.490 e. The summed E-state index contributed by atoms with van der Waals surface area (Å²) in [5, 5.41) is 11.0. The molecule has 0 unspecified atom stereocenters. The Morgan fingerprint density at radius 3 is 2.29 bits per heavy atom. The zero-order valence-corrected chi connectivity index (χ0v) is 14.4. The van der Waals surface area contributed by atoms with Crippen molar-refractivity contribution in [3.8, 4) is 0 Å². The van der Waals surface area contributed by atoms with Gasteiger partial charge < -0.3 is 14.7 Å². The van der Waals surface area contributed by atoms with E-state index >= 15 is 0 Å². The fourth-order valence-electron chi connectivity index (χ4n) is 1.89. The fourth-order valence-corrected chi connectivity index (χ4v) is 1.89. The maximum absolute atomic E-state index is 10.5. The molecule has 0 fully saturated rings. The second-order valence-electron chi connectivity index (χ2n) is 5.10. The van der Waals surface area contributed by atoms with Crippen molar-refractivity contribution in [3.05, 3.63) is 46.6 Å². The summed E-state index contributed by atoms with van der Waals surface area (Å²) in [6.45, 7) is 2.68. The number of hydrogen-bond acceptors (Lipinski definition) is 5. The number of nitrogens with zero attached hydrogens (tertiary/aromatic N) is 1. The number of ether oxygens (including phenoxy) is 1. The first kappa shape index (κ1) is 21.6.